The number of nitrogens with one attached hydrogen (secondary N) is 1. The van der Waals surface area contributed by atoms with Crippen molar-refractivity contribution >= 4 is 40.7 Å². The molecule has 0 saturated carbocycles. The molecule has 202 valence electrons. The maximum atomic E-state index is 12.7. The van der Waals surface area contributed by atoms with Crippen LogP contribution in [0.25, 0.3) is 11.8 Å². The molecule has 1 aliphatic heterocycles. The van der Waals surface area contributed by atoms with Gasteiger partial charge in [-0.05, 0) is 24.6 Å². The number of carbonyl (C=O) groups excluding carboxylic acids is 1. The van der Waals surface area contributed by atoms with E-state index in [-0.39, 0.29) is 33.8 Å². The molecule has 39 heavy (non-hydrogen) atoms. The van der Waals surface area contributed by atoms with Crippen LogP contribution in [0.15, 0.2) is 59.4 Å². The molecule has 3 aromatic rings. The molecule has 0 unspecified atom stereocenters. The van der Waals surface area contributed by atoms with Gasteiger partial charge in [-0.2, -0.15) is 5.26 Å². The Kier molecular flexibility index (Phi) is 9.14. The Morgan fingerprint density at radius 2 is 1.87 bits per heavy atom. The number of rotatable bonds is 9. The minimum Gasteiger partial charge on any atom is -0.484 e. The summed E-state index contributed by atoms with van der Waals surface area (Å²) < 4.78 is 7.36. The van der Waals surface area contributed by atoms with Gasteiger partial charge in [0, 0.05) is 57.2 Å². The summed E-state index contributed by atoms with van der Waals surface area (Å²) in [5.41, 5.74) is 1.01. The third-order valence-corrected chi connectivity index (χ3v) is 7.43. The molecule has 2 heterocycles. The summed E-state index contributed by atoms with van der Waals surface area (Å²) in [7, 11) is 0. The molecule has 4 rings (SSSR count). The van der Waals surface area contributed by atoms with Crippen LogP contribution in [0.2, 0.25) is 0 Å². The molecule has 1 aliphatic rings. The normalized spacial score (nSPS) is 15.0. The van der Waals surface area contributed by atoms with Crippen molar-refractivity contribution in [2.75, 3.05) is 38.1 Å². The second-order valence-corrected chi connectivity index (χ2v) is 9.89. The van der Waals surface area contributed by atoms with Crippen molar-refractivity contribution < 1.29 is 19.4 Å². The Morgan fingerprint density at radius 3 is 2.54 bits per heavy atom. The number of hydrogen-bond donors (Lipinski definition) is 2. The maximum Gasteiger partial charge on any atom is 0.349 e. The summed E-state index contributed by atoms with van der Waals surface area (Å²) in [6.07, 6.45) is 1.47. The van der Waals surface area contributed by atoms with Crippen LogP contribution in [0.3, 0.4) is 0 Å². The van der Waals surface area contributed by atoms with Gasteiger partial charge in [0.05, 0.1) is 0 Å². The van der Waals surface area contributed by atoms with Crippen molar-refractivity contribution in [3.05, 3.63) is 79.7 Å². The zero-order valence-electron chi connectivity index (χ0n) is 21.5. The highest BCUT2D eigenvalue weighted by Gasteiger charge is 2.21. The third-order valence-electron chi connectivity index (χ3n) is 6.30. The lowest BCUT2D eigenvalue weighted by Gasteiger charge is -2.34. The monoisotopic (exact) mass is 547 g/mol. The van der Waals surface area contributed by atoms with Crippen LogP contribution in [-0.2, 0) is 22.7 Å². The van der Waals surface area contributed by atoms with Gasteiger partial charge in [-0.25, -0.2) is 4.79 Å². The molecule has 2 N–H and O–H groups in total. The van der Waals surface area contributed by atoms with Gasteiger partial charge in [0.2, 0.25) is 0 Å². The number of ether oxygens (including phenoxy) is 1. The average Bonchev–Trinajstić information content (AvgIpc) is 3.26. The number of aromatic nitrogens is 1. The lowest BCUT2D eigenvalue weighted by Crippen LogP contribution is -2.49. The van der Waals surface area contributed by atoms with Gasteiger partial charge in [-0.15, -0.1) is 11.3 Å². The number of nitrogens with zero attached hydrogens (tertiary/aromatic N) is 4. The van der Waals surface area contributed by atoms with Crippen LogP contribution in [0.1, 0.15) is 12.5 Å². The van der Waals surface area contributed by atoms with Crippen LogP contribution in [0.4, 0.5) is 5.69 Å². The number of carbonyl (C=O) groups is 2. The van der Waals surface area contributed by atoms with Crippen LogP contribution >= 0.6 is 11.3 Å². The van der Waals surface area contributed by atoms with Gasteiger partial charge < -0.3 is 20.1 Å². The van der Waals surface area contributed by atoms with E-state index in [2.05, 4.69) is 22.3 Å². The van der Waals surface area contributed by atoms with Crippen molar-refractivity contribution in [1.29, 1.82) is 5.26 Å². The number of piperazine rings is 1. The lowest BCUT2D eigenvalue weighted by atomic mass is 10.2. The molecule has 0 spiro atoms. The van der Waals surface area contributed by atoms with Gasteiger partial charge in [-0.1, -0.05) is 36.4 Å². The fourth-order valence-corrected chi connectivity index (χ4v) is 5.32. The fraction of sp³-hybridized carbons (Fsp3) is 0.286. The number of thiazole rings is 1. The van der Waals surface area contributed by atoms with Gasteiger partial charge in [0.15, 0.2) is 12.2 Å². The Hall–Kier alpha value is -4.40. The van der Waals surface area contributed by atoms with E-state index in [9.17, 15) is 24.8 Å². The summed E-state index contributed by atoms with van der Waals surface area (Å²) in [5.74, 6) is -0.962. The lowest BCUT2D eigenvalue weighted by molar-refractivity contribution is -0.135. The first-order chi connectivity index (χ1) is 18.9. The largest absolute Gasteiger partial charge is 0.484 e. The average molecular weight is 548 g/mol. The zero-order chi connectivity index (χ0) is 27.8. The minimum atomic E-state index is -1.38. The predicted molar refractivity (Wildman–Crippen MR) is 148 cm³/mol. The number of amides is 1. The third kappa shape index (κ3) is 6.93. The second-order valence-electron chi connectivity index (χ2n) is 8.86. The topological polar surface area (TPSA) is 128 Å². The van der Waals surface area contributed by atoms with E-state index >= 15 is 0 Å². The molecular formula is C28H29N5O5S. The van der Waals surface area contributed by atoms with E-state index in [1.54, 1.807) is 37.3 Å². The molecule has 1 aromatic heterocycles. The Morgan fingerprint density at radius 1 is 1.13 bits per heavy atom. The summed E-state index contributed by atoms with van der Waals surface area (Å²) in [6, 6.07) is 18.9. The van der Waals surface area contributed by atoms with Gasteiger partial charge in [0.1, 0.15) is 21.0 Å². The van der Waals surface area contributed by atoms with Crippen LogP contribution in [-0.4, -0.2) is 64.1 Å². The molecule has 1 fully saturated rings. The Balaban J connectivity index is 1.35. The highest BCUT2D eigenvalue weighted by molar-refractivity contribution is 7.07. The number of nitriles is 1. The van der Waals surface area contributed by atoms with E-state index < -0.39 is 11.5 Å². The van der Waals surface area contributed by atoms with Crippen LogP contribution in [0, 0.1) is 11.3 Å². The summed E-state index contributed by atoms with van der Waals surface area (Å²) >= 11 is 0.933. The number of carboxylic acid groups (broad SMARTS) is 1. The number of aliphatic carboxylic acids is 1. The van der Waals surface area contributed by atoms with Gasteiger partial charge in [-0.3, -0.25) is 19.1 Å². The molecule has 0 atom stereocenters. The molecule has 0 radical (unpaired) electrons. The second kappa shape index (κ2) is 12.9. The first-order valence-electron chi connectivity index (χ1n) is 12.5. The van der Waals surface area contributed by atoms with Crippen molar-refractivity contribution in [3.8, 4) is 11.8 Å². The smallest absolute Gasteiger partial charge is 0.349 e. The Labute approximate surface area is 229 Å². The van der Waals surface area contributed by atoms with E-state index in [0.29, 0.717) is 24.5 Å². The summed E-state index contributed by atoms with van der Waals surface area (Å²) in [6.45, 7) is 5.64. The van der Waals surface area contributed by atoms with Gasteiger partial charge >= 0.3 is 5.97 Å². The van der Waals surface area contributed by atoms with Gasteiger partial charge in [0.25, 0.3) is 11.5 Å². The van der Waals surface area contributed by atoms with E-state index in [1.165, 1.54) is 16.3 Å². The summed E-state index contributed by atoms with van der Waals surface area (Å²) in [5, 5.41) is 21.5. The highest BCUT2D eigenvalue weighted by Crippen LogP contribution is 2.18. The Bertz CT molecular complexity index is 1550. The molecule has 0 bridgehead atoms. The standard InChI is InChI=1S/C28H29N5O5S/c1-2-33-26(35)24(39-27(33)23(16-29)28(36)37)17-30-21-9-6-10-22(15-21)38-19-25(34)32-13-11-31(12-14-32)18-20-7-4-3-5-8-20/h3-10,15,17,30H,2,11-14,18-19H2,1H3,(H,36,37)/b24-17+,27-23-. The van der Waals surface area contributed by atoms with E-state index in [4.69, 9.17) is 4.74 Å². The number of benzene rings is 2. The zero-order valence-corrected chi connectivity index (χ0v) is 22.3. The fourth-order valence-electron chi connectivity index (χ4n) is 4.24. The van der Waals surface area contributed by atoms with Crippen molar-refractivity contribution in [1.82, 2.24) is 14.4 Å². The van der Waals surface area contributed by atoms with Crippen molar-refractivity contribution in [3.63, 3.8) is 0 Å². The van der Waals surface area contributed by atoms with Crippen LogP contribution in [0.5, 0.6) is 5.75 Å². The minimum absolute atomic E-state index is 0.0755. The van der Waals surface area contributed by atoms with Crippen LogP contribution < -0.4 is 24.8 Å². The molecule has 1 amide bonds. The molecule has 10 nitrogen and oxygen atoms in total. The van der Waals surface area contributed by atoms with Crippen molar-refractivity contribution in [2.45, 2.75) is 20.0 Å². The van der Waals surface area contributed by atoms with Crippen molar-refractivity contribution in [2.24, 2.45) is 0 Å². The molecule has 2 aromatic carbocycles. The summed E-state index contributed by atoms with van der Waals surface area (Å²) in [4.78, 5) is 41.0. The SMILES string of the molecule is CCn1c(=O)/c(=C\Nc2cccc(OCC(=O)N3CCN(Cc4ccccc4)CC3)c2)s/c1=C(/C#N)C(=O)O. The highest BCUT2D eigenvalue weighted by atomic mass is 32.1. The molecule has 1 saturated heterocycles. The van der Waals surface area contributed by atoms with E-state index in [1.807, 2.05) is 23.1 Å². The van der Waals surface area contributed by atoms with E-state index in [0.717, 1.165) is 31.0 Å². The number of anilines is 1. The number of hydrogen-bond acceptors (Lipinski definition) is 8. The molecule has 0 aliphatic carbocycles. The molecular weight excluding hydrogens is 518 g/mol. The first-order valence-corrected chi connectivity index (χ1v) is 13.3. The number of carboxylic acids is 1. The quantitative estimate of drug-likeness (QED) is 0.410. The predicted octanol–water partition coefficient (Wildman–Crippen LogP) is 1.26. The molecule has 11 heteroatoms. The maximum absolute atomic E-state index is 12.7. The first kappa shape index (κ1) is 27.6.